The number of hydrogen-bond acceptors (Lipinski definition) is 5. The summed E-state index contributed by atoms with van der Waals surface area (Å²) in [5, 5.41) is 7.12. The molecule has 2 fully saturated rings. The largest absolute Gasteiger partial charge is 0.490 e. The fourth-order valence-electron chi connectivity index (χ4n) is 3.94. The van der Waals surface area contributed by atoms with E-state index in [2.05, 4.69) is 11.9 Å². The lowest BCUT2D eigenvalue weighted by atomic mass is 9.78. The molecule has 0 aliphatic carbocycles. The molecule has 1 spiro atoms. The predicted octanol–water partition coefficient (Wildman–Crippen LogP) is 2.82. The van der Waals surface area contributed by atoms with Gasteiger partial charge in [0.25, 0.3) is 5.91 Å². The number of carbonyl (C=O) groups excluding carboxylic acids is 2. The first kappa shape index (κ1) is 22.3. The van der Waals surface area contributed by atoms with Gasteiger partial charge < -0.3 is 19.3 Å². The average Bonchev–Trinajstić information content (AvgIpc) is 3.44. The van der Waals surface area contributed by atoms with Crippen LogP contribution in [0, 0.1) is 11.3 Å². The number of carboxylic acid groups (broad SMARTS) is 1. The van der Waals surface area contributed by atoms with Crippen molar-refractivity contribution in [2.75, 3.05) is 24.5 Å². The van der Waals surface area contributed by atoms with Crippen LogP contribution in [0.4, 0.5) is 18.9 Å². The summed E-state index contributed by atoms with van der Waals surface area (Å²) in [6, 6.07) is 5.40. The molecule has 4 rings (SSSR count). The second-order valence-electron chi connectivity index (χ2n) is 7.48. The van der Waals surface area contributed by atoms with E-state index in [1.54, 1.807) is 28.3 Å². The molecule has 0 bridgehead atoms. The highest BCUT2D eigenvalue weighted by Crippen LogP contribution is 2.46. The summed E-state index contributed by atoms with van der Waals surface area (Å²) in [6.07, 6.45) is 2.04. The van der Waals surface area contributed by atoms with E-state index >= 15 is 0 Å². The molecule has 2 aromatic rings. The molecular formula is C20H20F3N3O5. The first-order valence-electron chi connectivity index (χ1n) is 9.40. The molecular weight excluding hydrogens is 419 g/mol. The Morgan fingerprint density at radius 1 is 1.32 bits per heavy atom. The van der Waals surface area contributed by atoms with E-state index in [1.165, 1.54) is 12.5 Å². The Balaban J connectivity index is 0.000000339. The Kier molecular flexibility index (Phi) is 6.05. The standard InChI is InChI=1S/C18H19N3O3.C2HF3O2/c1-13-10-20(16(22)14-4-8-24-11-14)12-18(13)5-7-21(17(18)23)15-3-2-6-19-9-15;3-2(4,5)1(6)7/h2-4,6,8-9,11,13H,5,7,10,12H2,1H3;(H,6,7)/t13-,18-;/m1./s1. The lowest BCUT2D eigenvalue weighted by Gasteiger charge is -2.26. The number of halogens is 3. The second-order valence-corrected chi connectivity index (χ2v) is 7.48. The van der Waals surface area contributed by atoms with Crippen molar-refractivity contribution in [3.8, 4) is 0 Å². The molecule has 8 nitrogen and oxygen atoms in total. The molecule has 1 N–H and O–H groups in total. The number of furan rings is 1. The van der Waals surface area contributed by atoms with Gasteiger partial charge in [0.15, 0.2) is 0 Å². The average molecular weight is 439 g/mol. The molecule has 2 aromatic heterocycles. The van der Waals surface area contributed by atoms with Gasteiger partial charge in [0, 0.05) is 25.8 Å². The number of carboxylic acids is 1. The Labute approximate surface area is 175 Å². The molecule has 0 radical (unpaired) electrons. The van der Waals surface area contributed by atoms with E-state index in [9.17, 15) is 22.8 Å². The molecule has 0 saturated carbocycles. The van der Waals surface area contributed by atoms with Crippen molar-refractivity contribution < 1.29 is 37.1 Å². The zero-order chi connectivity index (χ0) is 22.8. The molecule has 2 aliphatic heterocycles. The number of rotatable bonds is 2. The Morgan fingerprint density at radius 3 is 2.58 bits per heavy atom. The summed E-state index contributed by atoms with van der Waals surface area (Å²) in [5.41, 5.74) is 0.870. The number of carbonyl (C=O) groups is 3. The van der Waals surface area contributed by atoms with Crippen molar-refractivity contribution >= 4 is 23.5 Å². The summed E-state index contributed by atoms with van der Waals surface area (Å²) in [5.74, 6) is -2.60. The summed E-state index contributed by atoms with van der Waals surface area (Å²) in [7, 11) is 0. The zero-order valence-electron chi connectivity index (χ0n) is 16.5. The highest BCUT2D eigenvalue weighted by Gasteiger charge is 2.56. The van der Waals surface area contributed by atoms with Gasteiger partial charge in [0.2, 0.25) is 5.91 Å². The third-order valence-corrected chi connectivity index (χ3v) is 5.62. The number of hydrogen-bond donors (Lipinski definition) is 1. The van der Waals surface area contributed by atoms with Crippen LogP contribution in [0.25, 0.3) is 0 Å². The molecule has 31 heavy (non-hydrogen) atoms. The van der Waals surface area contributed by atoms with Gasteiger partial charge in [-0.15, -0.1) is 0 Å². The third kappa shape index (κ3) is 4.39. The van der Waals surface area contributed by atoms with Crippen molar-refractivity contribution in [2.45, 2.75) is 19.5 Å². The third-order valence-electron chi connectivity index (χ3n) is 5.62. The molecule has 4 heterocycles. The number of pyridine rings is 1. The van der Waals surface area contributed by atoms with Gasteiger partial charge in [-0.25, -0.2) is 4.79 Å². The SMILES string of the molecule is C[C@@H]1CN(C(=O)c2ccoc2)C[C@]12CCN(c1cccnc1)C2=O.O=C(O)C(F)(F)F. The van der Waals surface area contributed by atoms with Gasteiger partial charge in [0.05, 0.1) is 29.1 Å². The molecule has 11 heteroatoms. The maximum Gasteiger partial charge on any atom is 0.490 e. The van der Waals surface area contributed by atoms with Gasteiger partial charge in [-0.05, 0) is 30.5 Å². The van der Waals surface area contributed by atoms with Crippen molar-refractivity contribution in [1.29, 1.82) is 0 Å². The number of aromatic nitrogens is 1. The summed E-state index contributed by atoms with van der Waals surface area (Å²) in [4.78, 5) is 42.3. The number of nitrogens with zero attached hydrogens (tertiary/aromatic N) is 3. The van der Waals surface area contributed by atoms with E-state index in [-0.39, 0.29) is 17.7 Å². The first-order valence-corrected chi connectivity index (χ1v) is 9.40. The summed E-state index contributed by atoms with van der Waals surface area (Å²) in [6.45, 7) is 3.79. The molecule has 2 saturated heterocycles. The fraction of sp³-hybridized carbons (Fsp3) is 0.400. The maximum absolute atomic E-state index is 13.1. The van der Waals surface area contributed by atoms with Gasteiger partial charge >= 0.3 is 12.1 Å². The van der Waals surface area contributed by atoms with E-state index < -0.39 is 17.6 Å². The lowest BCUT2D eigenvalue weighted by Crippen LogP contribution is -2.40. The molecule has 0 aromatic carbocycles. The van der Waals surface area contributed by atoms with E-state index in [0.29, 0.717) is 25.2 Å². The zero-order valence-corrected chi connectivity index (χ0v) is 16.5. The number of amides is 2. The van der Waals surface area contributed by atoms with Gasteiger partial charge in [0.1, 0.15) is 6.26 Å². The fourth-order valence-corrected chi connectivity index (χ4v) is 3.94. The first-order chi connectivity index (χ1) is 14.6. The van der Waals surface area contributed by atoms with Crippen LogP contribution in [0.15, 0.2) is 47.5 Å². The Morgan fingerprint density at radius 2 is 2.03 bits per heavy atom. The number of alkyl halides is 3. The molecule has 2 atom stereocenters. The molecule has 2 amide bonds. The monoisotopic (exact) mass is 439 g/mol. The number of likely N-dealkylation sites (tertiary alicyclic amines) is 1. The minimum atomic E-state index is -5.08. The smallest absolute Gasteiger partial charge is 0.475 e. The summed E-state index contributed by atoms with van der Waals surface area (Å²) >= 11 is 0. The van der Waals surface area contributed by atoms with Crippen molar-refractivity contribution in [3.63, 3.8) is 0 Å². The highest BCUT2D eigenvalue weighted by molar-refractivity contribution is 6.01. The Hall–Kier alpha value is -3.37. The highest BCUT2D eigenvalue weighted by atomic mass is 19.4. The van der Waals surface area contributed by atoms with Gasteiger partial charge in [-0.2, -0.15) is 13.2 Å². The van der Waals surface area contributed by atoms with Gasteiger partial charge in [-0.1, -0.05) is 6.92 Å². The van der Waals surface area contributed by atoms with Crippen LogP contribution in [0.5, 0.6) is 0 Å². The predicted molar refractivity (Wildman–Crippen MR) is 101 cm³/mol. The van der Waals surface area contributed by atoms with E-state index in [4.69, 9.17) is 14.3 Å². The minimum absolute atomic E-state index is 0.0693. The van der Waals surface area contributed by atoms with E-state index in [1.807, 2.05) is 12.1 Å². The van der Waals surface area contributed by atoms with Crippen LogP contribution >= 0.6 is 0 Å². The number of aliphatic carboxylic acids is 1. The second kappa shape index (κ2) is 8.40. The lowest BCUT2D eigenvalue weighted by molar-refractivity contribution is -0.192. The van der Waals surface area contributed by atoms with Crippen LogP contribution < -0.4 is 4.90 Å². The van der Waals surface area contributed by atoms with Crippen LogP contribution in [0.1, 0.15) is 23.7 Å². The van der Waals surface area contributed by atoms with Crippen LogP contribution in [0.2, 0.25) is 0 Å². The van der Waals surface area contributed by atoms with Crippen LogP contribution in [0.3, 0.4) is 0 Å². The topological polar surface area (TPSA) is 104 Å². The minimum Gasteiger partial charge on any atom is -0.475 e. The van der Waals surface area contributed by atoms with Crippen LogP contribution in [-0.2, 0) is 9.59 Å². The maximum atomic E-state index is 13.1. The van der Waals surface area contributed by atoms with Crippen LogP contribution in [-0.4, -0.2) is 58.6 Å². The molecule has 0 unspecified atom stereocenters. The summed E-state index contributed by atoms with van der Waals surface area (Å²) < 4.78 is 36.7. The van der Waals surface area contributed by atoms with Gasteiger partial charge in [-0.3, -0.25) is 14.6 Å². The van der Waals surface area contributed by atoms with E-state index in [0.717, 1.165) is 12.1 Å². The van der Waals surface area contributed by atoms with Crippen molar-refractivity contribution in [3.05, 3.63) is 48.7 Å². The number of anilines is 1. The molecule has 2 aliphatic rings. The molecule has 166 valence electrons. The normalized spacial score (nSPS) is 23.1. The van der Waals surface area contributed by atoms with Crippen molar-refractivity contribution in [1.82, 2.24) is 9.88 Å². The quantitative estimate of drug-likeness (QED) is 0.772. The Bertz CT molecular complexity index is 949. The van der Waals surface area contributed by atoms with Crippen molar-refractivity contribution in [2.24, 2.45) is 11.3 Å².